The topological polar surface area (TPSA) is 21.6 Å². The van der Waals surface area contributed by atoms with Crippen molar-refractivity contribution in [1.82, 2.24) is 0 Å². The van der Waals surface area contributed by atoms with Gasteiger partial charge in [0.1, 0.15) is 10.9 Å². The molecular formula is C10H11Cl2NO. The van der Waals surface area contributed by atoms with Crippen LogP contribution in [0.3, 0.4) is 0 Å². The van der Waals surface area contributed by atoms with Gasteiger partial charge in [-0.1, -0.05) is 23.2 Å². The summed E-state index contributed by atoms with van der Waals surface area (Å²) in [6.07, 6.45) is 0. The Morgan fingerprint density at radius 2 is 2.21 bits per heavy atom. The minimum atomic E-state index is 0.399. The van der Waals surface area contributed by atoms with E-state index in [1.165, 1.54) is 0 Å². The van der Waals surface area contributed by atoms with Crippen molar-refractivity contribution in [2.45, 2.75) is 6.92 Å². The standard InChI is InChI=1S/C10H11Cl2NO/c1-3-14-9-5-4-7(11)6-8(9)10(12)13-2/h4-6H,3H2,1-2H3. The zero-order valence-corrected chi connectivity index (χ0v) is 9.56. The van der Waals surface area contributed by atoms with Gasteiger partial charge in [-0.2, -0.15) is 0 Å². The predicted molar refractivity (Wildman–Crippen MR) is 60.9 cm³/mol. The first-order valence-electron chi connectivity index (χ1n) is 4.24. The molecule has 4 heteroatoms. The van der Waals surface area contributed by atoms with Gasteiger partial charge in [0, 0.05) is 12.1 Å². The van der Waals surface area contributed by atoms with Crippen LogP contribution in [0.25, 0.3) is 0 Å². The van der Waals surface area contributed by atoms with Gasteiger partial charge in [0.15, 0.2) is 0 Å². The van der Waals surface area contributed by atoms with Crippen LogP contribution in [0.15, 0.2) is 23.2 Å². The maximum atomic E-state index is 5.91. The van der Waals surface area contributed by atoms with Crippen LogP contribution in [0.4, 0.5) is 0 Å². The summed E-state index contributed by atoms with van der Waals surface area (Å²) in [5.41, 5.74) is 0.725. The second kappa shape index (κ2) is 5.23. The van der Waals surface area contributed by atoms with Gasteiger partial charge in [0.25, 0.3) is 0 Å². The Bertz CT molecular complexity index is 350. The lowest BCUT2D eigenvalue weighted by Crippen LogP contribution is -1.99. The van der Waals surface area contributed by atoms with E-state index >= 15 is 0 Å². The number of aliphatic imine (C=N–C) groups is 1. The summed E-state index contributed by atoms with van der Waals surface area (Å²) in [7, 11) is 1.62. The number of hydrogen-bond acceptors (Lipinski definition) is 2. The Hall–Kier alpha value is -0.730. The first-order chi connectivity index (χ1) is 6.69. The van der Waals surface area contributed by atoms with E-state index in [1.54, 1.807) is 25.2 Å². The number of benzene rings is 1. The first kappa shape index (κ1) is 11.3. The Kier molecular flexibility index (Phi) is 4.23. The van der Waals surface area contributed by atoms with Crippen LogP contribution in [0.2, 0.25) is 5.02 Å². The summed E-state index contributed by atoms with van der Waals surface area (Å²) >= 11 is 11.8. The van der Waals surface area contributed by atoms with Gasteiger partial charge in [-0.3, -0.25) is 4.99 Å². The molecule has 1 aromatic carbocycles. The maximum Gasteiger partial charge on any atom is 0.134 e. The fraction of sp³-hybridized carbons (Fsp3) is 0.300. The minimum absolute atomic E-state index is 0.399. The van der Waals surface area contributed by atoms with Gasteiger partial charge in [0.2, 0.25) is 0 Å². The van der Waals surface area contributed by atoms with E-state index in [1.807, 2.05) is 6.92 Å². The smallest absolute Gasteiger partial charge is 0.134 e. The maximum absolute atomic E-state index is 5.91. The Morgan fingerprint density at radius 3 is 2.79 bits per heavy atom. The van der Waals surface area contributed by atoms with Crippen molar-refractivity contribution in [2.75, 3.05) is 13.7 Å². The highest BCUT2D eigenvalue weighted by atomic mass is 35.5. The van der Waals surface area contributed by atoms with Crippen LogP contribution < -0.4 is 4.74 Å². The Labute approximate surface area is 93.5 Å². The molecule has 0 N–H and O–H groups in total. The van der Waals surface area contributed by atoms with Crippen LogP contribution in [-0.2, 0) is 0 Å². The van der Waals surface area contributed by atoms with Gasteiger partial charge in [-0.25, -0.2) is 0 Å². The van der Waals surface area contributed by atoms with Crippen molar-refractivity contribution >= 4 is 28.4 Å². The highest BCUT2D eigenvalue weighted by Gasteiger charge is 2.08. The fourth-order valence-corrected chi connectivity index (χ4v) is 1.39. The lowest BCUT2D eigenvalue weighted by atomic mass is 10.2. The zero-order valence-electron chi connectivity index (χ0n) is 8.05. The Balaban J connectivity index is 3.15. The summed E-state index contributed by atoms with van der Waals surface area (Å²) in [6.45, 7) is 2.50. The van der Waals surface area contributed by atoms with Crippen molar-refractivity contribution in [3.63, 3.8) is 0 Å². The molecule has 0 aliphatic rings. The number of nitrogens with zero attached hydrogens (tertiary/aromatic N) is 1. The van der Waals surface area contributed by atoms with Gasteiger partial charge in [-0.05, 0) is 25.1 Å². The van der Waals surface area contributed by atoms with Gasteiger partial charge < -0.3 is 4.74 Å². The van der Waals surface area contributed by atoms with Crippen LogP contribution >= 0.6 is 23.2 Å². The molecule has 14 heavy (non-hydrogen) atoms. The quantitative estimate of drug-likeness (QED) is 0.732. The summed E-state index contributed by atoms with van der Waals surface area (Å²) in [6, 6.07) is 5.28. The number of ether oxygens (including phenoxy) is 1. The molecule has 0 fully saturated rings. The van der Waals surface area contributed by atoms with E-state index in [9.17, 15) is 0 Å². The van der Waals surface area contributed by atoms with Gasteiger partial charge >= 0.3 is 0 Å². The molecule has 0 heterocycles. The molecule has 0 bridgehead atoms. The number of halogens is 2. The molecule has 0 radical (unpaired) electrons. The minimum Gasteiger partial charge on any atom is -0.493 e. The molecule has 0 aliphatic carbocycles. The molecule has 1 rings (SSSR count). The monoisotopic (exact) mass is 231 g/mol. The molecule has 1 aromatic rings. The summed E-state index contributed by atoms with van der Waals surface area (Å²) in [5, 5.41) is 1.02. The third-order valence-electron chi connectivity index (χ3n) is 1.66. The lowest BCUT2D eigenvalue weighted by Gasteiger charge is -2.08. The molecule has 0 spiro atoms. The van der Waals surface area contributed by atoms with Gasteiger partial charge in [0.05, 0.1) is 12.2 Å². The van der Waals surface area contributed by atoms with Crippen molar-refractivity contribution in [3.8, 4) is 5.75 Å². The third-order valence-corrected chi connectivity index (χ3v) is 2.27. The van der Waals surface area contributed by atoms with E-state index in [0.717, 1.165) is 5.56 Å². The van der Waals surface area contributed by atoms with E-state index in [4.69, 9.17) is 27.9 Å². The summed E-state index contributed by atoms with van der Waals surface area (Å²) in [4.78, 5) is 3.89. The van der Waals surface area contributed by atoms with Gasteiger partial charge in [-0.15, -0.1) is 0 Å². The van der Waals surface area contributed by atoms with Crippen LogP contribution in [-0.4, -0.2) is 18.8 Å². The second-order valence-corrected chi connectivity index (χ2v) is 3.38. The molecule has 0 aromatic heterocycles. The van der Waals surface area contributed by atoms with Crippen molar-refractivity contribution < 1.29 is 4.74 Å². The van der Waals surface area contributed by atoms with Crippen LogP contribution in [0, 0.1) is 0 Å². The van der Waals surface area contributed by atoms with Crippen molar-refractivity contribution in [3.05, 3.63) is 28.8 Å². The normalized spacial score (nSPS) is 11.6. The van der Waals surface area contributed by atoms with Crippen LogP contribution in [0.1, 0.15) is 12.5 Å². The summed E-state index contributed by atoms with van der Waals surface area (Å²) < 4.78 is 5.39. The SMILES string of the molecule is CCOc1ccc(Cl)cc1C(Cl)=NC. The number of rotatable bonds is 3. The van der Waals surface area contributed by atoms with Crippen molar-refractivity contribution in [2.24, 2.45) is 4.99 Å². The molecule has 0 unspecified atom stereocenters. The van der Waals surface area contributed by atoms with Crippen LogP contribution in [0.5, 0.6) is 5.75 Å². The van der Waals surface area contributed by atoms with E-state index in [-0.39, 0.29) is 0 Å². The average Bonchev–Trinajstić information content (AvgIpc) is 2.20. The number of hydrogen-bond donors (Lipinski definition) is 0. The zero-order chi connectivity index (χ0) is 10.6. The molecule has 0 aliphatic heterocycles. The fourth-order valence-electron chi connectivity index (χ4n) is 1.07. The van der Waals surface area contributed by atoms with E-state index < -0.39 is 0 Å². The molecular weight excluding hydrogens is 221 g/mol. The molecule has 0 atom stereocenters. The van der Waals surface area contributed by atoms with Crippen molar-refractivity contribution in [1.29, 1.82) is 0 Å². The highest BCUT2D eigenvalue weighted by Crippen LogP contribution is 2.24. The predicted octanol–water partition coefficient (Wildman–Crippen LogP) is 3.35. The van der Waals surface area contributed by atoms with E-state index in [0.29, 0.717) is 22.5 Å². The Morgan fingerprint density at radius 1 is 1.50 bits per heavy atom. The molecule has 76 valence electrons. The molecule has 0 amide bonds. The third kappa shape index (κ3) is 2.63. The molecule has 0 saturated carbocycles. The largest absolute Gasteiger partial charge is 0.493 e. The second-order valence-electron chi connectivity index (χ2n) is 2.59. The molecule has 2 nitrogen and oxygen atoms in total. The molecule has 0 saturated heterocycles. The highest BCUT2D eigenvalue weighted by molar-refractivity contribution is 6.70. The van der Waals surface area contributed by atoms with E-state index in [2.05, 4.69) is 4.99 Å². The average molecular weight is 232 g/mol. The lowest BCUT2D eigenvalue weighted by molar-refractivity contribution is 0.339. The summed E-state index contributed by atoms with van der Waals surface area (Å²) in [5.74, 6) is 0.701. The first-order valence-corrected chi connectivity index (χ1v) is 4.99.